The molecular weight excluding hydrogens is 430 g/mol. The number of hydrogen-bond acceptors (Lipinski definition) is 4. The number of sulfonamides is 1. The second-order valence-corrected chi connectivity index (χ2v) is 9.38. The van der Waals surface area contributed by atoms with E-state index in [1.807, 2.05) is 30.3 Å². The molecule has 144 valence electrons. The number of piperidine rings is 1. The van der Waals surface area contributed by atoms with Crippen molar-refractivity contribution in [2.24, 2.45) is 5.92 Å². The zero-order valence-corrected chi connectivity index (χ0v) is 17.4. The Kier molecular flexibility index (Phi) is 6.18. The summed E-state index contributed by atoms with van der Waals surface area (Å²) >= 11 is 3.31. The highest BCUT2D eigenvalue weighted by Crippen LogP contribution is 2.25. The molecule has 1 amide bonds. The number of nitrogens with zero attached hydrogens (tertiary/aromatic N) is 2. The molecule has 1 aliphatic rings. The fourth-order valence-electron chi connectivity index (χ4n) is 3.10. The maximum atomic E-state index is 12.9. The number of carbonyl (C=O) groups excluding carboxylic acids is 1. The molecule has 0 saturated carbocycles. The monoisotopic (exact) mass is 451 g/mol. The van der Waals surface area contributed by atoms with Gasteiger partial charge in [0.2, 0.25) is 15.9 Å². The van der Waals surface area contributed by atoms with Crippen LogP contribution in [0.2, 0.25) is 0 Å². The highest BCUT2D eigenvalue weighted by Gasteiger charge is 2.33. The van der Waals surface area contributed by atoms with E-state index in [4.69, 9.17) is 0 Å². The SMILES string of the molecule is CN(NC(=O)[C@@H]1CCCN(S(=O)(=O)c2ccc(Br)cc2)C1)c1ccccc1. The van der Waals surface area contributed by atoms with Crippen LogP contribution in [0.15, 0.2) is 64.0 Å². The Labute approximate surface area is 168 Å². The molecule has 1 aliphatic heterocycles. The van der Waals surface area contributed by atoms with Crippen molar-refractivity contribution >= 4 is 37.5 Å². The van der Waals surface area contributed by atoms with Crippen LogP contribution in [-0.4, -0.2) is 38.8 Å². The molecule has 0 spiro atoms. The summed E-state index contributed by atoms with van der Waals surface area (Å²) in [5.74, 6) is -0.549. The number of hydrazine groups is 1. The lowest BCUT2D eigenvalue weighted by molar-refractivity contribution is -0.126. The standard InChI is InChI=1S/C19H22BrN3O3S/c1-22(17-7-3-2-4-8-17)21-19(24)15-6-5-13-23(14-15)27(25,26)18-11-9-16(20)10-12-18/h2-4,7-12,15H,5-6,13-14H2,1H3,(H,21,24)/t15-/m1/s1. The Hall–Kier alpha value is -1.90. The molecule has 8 heteroatoms. The molecule has 27 heavy (non-hydrogen) atoms. The smallest absolute Gasteiger partial charge is 0.243 e. The molecule has 1 N–H and O–H groups in total. The summed E-state index contributed by atoms with van der Waals surface area (Å²) in [6, 6.07) is 16.0. The van der Waals surface area contributed by atoms with Crippen LogP contribution in [0, 0.1) is 5.92 Å². The van der Waals surface area contributed by atoms with Crippen LogP contribution in [0.5, 0.6) is 0 Å². The molecule has 6 nitrogen and oxygen atoms in total. The number of anilines is 1. The van der Waals surface area contributed by atoms with Crippen molar-refractivity contribution in [1.82, 2.24) is 9.73 Å². The van der Waals surface area contributed by atoms with E-state index in [1.165, 1.54) is 4.31 Å². The van der Waals surface area contributed by atoms with E-state index in [0.717, 1.165) is 10.2 Å². The Morgan fingerprint density at radius 3 is 2.48 bits per heavy atom. The summed E-state index contributed by atoms with van der Waals surface area (Å²) in [5.41, 5.74) is 3.71. The Morgan fingerprint density at radius 1 is 1.15 bits per heavy atom. The van der Waals surface area contributed by atoms with Crippen molar-refractivity contribution in [2.45, 2.75) is 17.7 Å². The van der Waals surface area contributed by atoms with Crippen molar-refractivity contribution in [3.63, 3.8) is 0 Å². The quantitative estimate of drug-likeness (QED) is 0.709. The largest absolute Gasteiger partial charge is 0.289 e. The molecule has 1 heterocycles. The van der Waals surface area contributed by atoms with E-state index in [-0.39, 0.29) is 23.3 Å². The number of nitrogens with one attached hydrogen (secondary N) is 1. The zero-order valence-electron chi connectivity index (χ0n) is 15.0. The van der Waals surface area contributed by atoms with Gasteiger partial charge in [-0.1, -0.05) is 34.1 Å². The normalized spacial score (nSPS) is 18.1. The summed E-state index contributed by atoms with van der Waals surface area (Å²) in [4.78, 5) is 12.9. The van der Waals surface area contributed by atoms with Crippen molar-refractivity contribution in [1.29, 1.82) is 0 Å². The van der Waals surface area contributed by atoms with Crippen molar-refractivity contribution in [3.05, 3.63) is 59.1 Å². The zero-order chi connectivity index (χ0) is 19.4. The maximum Gasteiger partial charge on any atom is 0.243 e. The molecule has 0 bridgehead atoms. The van der Waals surface area contributed by atoms with Crippen LogP contribution in [-0.2, 0) is 14.8 Å². The lowest BCUT2D eigenvalue weighted by Crippen LogP contribution is -2.49. The minimum Gasteiger partial charge on any atom is -0.289 e. The average Bonchev–Trinajstić information content (AvgIpc) is 2.69. The highest BCUT2D eigenvalue weighted by atomic mass is 79.9. The number of benzene rings is 2. The van der Waals surface area contributed by atoms with Gasteiger partial charge >= 0.3 is 0 Å². The molecule has 2 aromatic rings. The molecule has 2 aromatic carbocycles. The van der Waals surface area contributed by atoms with Gasteiger partial charge in [0.1, 0.15) is 0 Å². The lowest BCUT2D eigenvalue weighted by Gasteiger charge is -2.32. The van der Waals surface area contributed by atoms with Crippen LogP contribution >= 0.6 is 15.9 Å². The minimum atomic E-state index is -3.61. The van der Waals surface area contributed by atoms with Crippen LogP contribution in [0.1, 0.15) is 12.8 Å². The van der Waals surface area contributed by atoms with Crippen LogP contribution in [0.4, 0.5) is 5.69 Å². The molecule has 0 aromatic heterocycles. The van der Waals surface area contributed by atoms with Crippen molar-refractivity contribution in [3.8, 4) is 0 Å². The van der Waals surface area contributed by atoms with Gasteiger partial charge in [-0.25, -0.2) is 8.42 Å². The van der Waals surface area contributed by atoms with Gasteiger partial charge in [0.15, 0.2) is 0 Å². The van der Waals surface area contributed by atoms with Gasteiger partial charge in [-0.3, -0.25) is 15.2 Å². The summed E-state index contributed by atoms with van der Waals surface area (Å²) < 4.78 is 28.0. The summed E-state index contributed by atoms with van der Waals surface area (Å²) in [6.07, 6.45) is 1.32. The maximum absolute atomic E-state index is 12.9. The van der Waals surface area contributed by atoms with Gasteiger partial charge in [0, 0.05) is 24.6 Å². The average molecular weight is 452 g/mol. The predicted octanol–water partition coefficient (Wildman–Crippen LogP) is 3.02. The number of carbonyl (C=O) groups is 1. The summed E-state index contributed by atoms with van der Waals surface area (Å²) in [6.45, 7) is 0.615. The number of hydrogen-bond donors (Lipinski definition) is 1. The van der Waals surface area contributed by atoms with E-state index in [9.17, 15) is 13.2 Å². The molecule has 1 saturated heterocycles. The molecule has 3 rings (SSSR count). The molecule has 0 radical (unpaired) electrons. The fraction of sp³-hybridized carbons (Fsp3) is 0.316. The van der Waals surface area contributed by atoms with Gasteiger partial charge < -0.3 is 0 Å². The van der Waals surface area contributed by atoms with E-state index in [1.54, 1.807) is 36.3 Å². The molecule has 0 aliphatic carbocycles. The van der Waals surface area contributed by atoms with Gasteiger partial charge in [0.25, 0.3) is 0 Å². The highest BCUT2D eigenvalue weighted by molar-refractivity contribution is 9.10. The molecular formula is C19H22BrN3O3S. The van der Waals surface area contributed by atoms with E-state index in [2.05, 4.69) is 21.4 Å². The topological polar surface area (TPSA) is 69.7 Å². The van der Waals surface area contributed by atoms with Gasteiger partial charge in [-0.05, 0) is 49.2 Å². The van der Waals surface area contributed by atoms with E-state index < -0.39 is 10.0 Å². The van der Waals surface area contributed by atoms with Gasteiger partial charge in [-0.15, -0.1) is 0 Å². The number of rotatable bonds is 5. The third kappa shape index (κ3) is 4.69. The number of halogens is 1. The molecule has 1 fully saturated rings. The predicted molar refractivity (Wildman–Crippen MR) is 109 cm³/mol. The first-order valence-corrected chi connectivity index (χ1v) is 11.0. The fourth-order valence-corrected chi connectivity index (χ4v) is 4.89. The second-order valence-electron chi connectivity index (χ2n) is 6.53. The van der Waals surface area contributed by atoms with E-state index >= 15 is 0 Å². The first-order valence-electron chi connectivity index (χ1n) is 8.73. The lowest BCUT2D eigenvalue weighted by atomic mass is 9.99. The Morgan fingerprint density at radius 2 is 1.81 bits per heavy atom. The number of para-hydroxylation sites is 1. The van der Waals surface area contributed by atoms with Crippen LogP contribution in [0.25, 0.3) is 0 Å². The molecule has 0 unspecified atom stereocenters. The summed E-state index contributed by atoms with van der Waals surface area (Å²) in [7, 11) is -1.84. The molecule has 1 atom stereocenters. The van der Waals surface area contributed by atoms with Gasteiger partial charge in [-0.2, -0.15) is 4.31 Å². The summed E-state index contributed by atoms with van der Waals surface area (Å²) in [5, 5.41) is 1.66. The first-order chi connectivity index (χ1) is 12.9. The van der Waals surface area contributed by atoms with Gasteiger partial charge in [0.05, 0.1) is 16.5 Å². The number of amides is 1. The van der Waals surface area contributed by atoms with Crippen molar-refractivity contribution in [2.75, 3.05) is 25.1 Å². The minimum absolute atomic E-state index is 0.169. The van der Waals surface area contributed by atoms with Crippen LogP contribution < -0.4 is 10.4 Å². The van der Waals surface area contributed by atoms with Crippen molar-refractivity contribution < 1.29 is 13.2 Å². The first kappa shape index (κ1) is 19.9. The van der Waals surface area contributed by atoms with E-state index in [0.29, 0.717) is 19.4 Å². The second kappa shape index (κ2) is 8.41. The van der Waals surface area contributed by atoms with Crippen LogP contribution in [0.3, 0.4) is 0 Å². The third-order valence-corrected chi connectivity index (χ3v) is 7.04. The Balaban J connectivity index is 1.68. The third-order valence-electron chi connectivity index (χ3n) is 4.63. The Bertz CT molecular complexity index is 888.